The Bertz CT molecular complexity index is 1010. The lowest BCUT2D eigenvalue weighted by atomic mass is 10.1. The van der Waals surface area contributed by atoms with E-state index < -0.39 is 0 Å². The number of hydrogen-bond donors (Lipinski definition) is 0. The minimum atomic E-state index is 0.488. The van der Waals surface area contributed by atoms with Gasteiger partial charge in [-0.2, -0.15) is 0 Å². The Morgan fingerprint density at radius 3 is 1.27 bits per heavy atom. The number of hydrogen-bond acceptors (Lipinski definition) is 2. The second-order valence-corrected chi connectivity index (χ2v) is 9.18. The number of imidazole rings is 2. The van der Waals surface area contributed by atoms with E-state index in [1.807, 2.05) is 37.4 Å². The second-order valence-electron chi connectivity index (χ2n) is 9.18. The third kappa shape index (κ3) is 2.53. The zero-order valence-electron chi connectivity index (χ0n) is 16.6. The maximum absolute atomic E-state index is 4.13. The van der Waals surface area contributed by atoms with Gasteiger partial charge < -0.3 is 9.13 Å². The van der Waals surface area contributed by atoms with Gasteiger partial charge in [-0.1, -0.05) is 60.8 Å². The molecule has 0 aromatic carbocycles. The summed E-state index contributed by atoms with van der Waals surface area (Å²) >= 11 is 0. The van der Waals surface area contributed by atoms with Crippen molar-refractivity contribution in [1.82, 2.24) is 19.1 Å². The largest absolute Gasteiger partial charge is 0.310 e. The van der Waals surface area contributed by atoms with Crippen molar-refractivity contribution in [3.63, 3.8) is 0 Å². The van der Waals surface area contributed by atoms with Crippen molar-refractivity contribution < 1.29 is 0 Å². The Hall–Kier alpha value is -3.14. The van der Waals surface area contributed by atoms with Crippen LogP contribution in [0.2, 0.25) is 0 Å². The molecule has 2 aromatic heterocycles. The Labute approximate surface area is 176 Å². The summed E-state index contributed by atoms with van der Waals surface area (Å²) in [6.07, 6.45) is 35.2. The molecule has 2 saturated carbocycles. The Kier molecular flexibility index (Phi) is 3.43. The van der Waals surface area contributed by atoms with Crippen molar-refractivity contribution in [2.45, 2.75) is 0 Å². The lowest BCUT2D eigenvalue weighted by Crippen LogP contribution is -1.98. The molecule has 0 saturated heterocycles. The van der Waals surface area contributed by atoms with Gasteiger partial charge in [0.05, 0.1) is 12.7 Å². The van der Waals surface area contributed by atoms with E-state index in [4.69, 9.17) is 0 Å². The summed E-state index contributed by atoms with van der Waals surface area (Å²) in [5.41, 5.74) is 2.87. The van der Waals surface area contributed by atoms with Crippen molar-refractivity contribution in [2.75, 3.05) is 0 Å². The molecule has 0 N–H and O–H groups in total. The van der Waals surface area contributed by atoms with E-state index >= 15 is 0 Å². The molecule has 0 radical (unpaired) electrons. The first-order valence-electron chi connectivity index (χ1n) is 11.0. The predicted octanol–water partition coefficient (Wildman–Crippen LogP) is 4.68. The van der Waals surface area contributed by atoms with Gasteiger partial charge >= 0.3 is 0 Å². The van der Waals surface area contributed by atoms with Crippen LogP contribution in [0.5, 0.6) is 0 Å². The van der Waals surface area contributed by atoms with Crippen LogP contribution in [0.3, 0.4) is 0 Å². The van der Waals surface area contributed by atoms with Crippen LogP contribution in [0, 0.1) is 47.3 Å². The van der Waals surface area contributed by atoms with Crippen LogP contribution < -0.4 is 0 Å². The van der Waals surface area contributed by atoms with Crippen molar-refractivity contribution in [1.29, 1.82) is 0 Å². The molecule has 4 unspecified atom stereocenters. The van der Waals surface area contributed by atoms with E-state index in [0.717, 1.165) is 23.7 Å². The van der Waals surface area contributed by atoms with Gasteiger partial charge in [-0.05, 0) is 23.7 Å². The molecule has 8 aliphatic carbocycles. The predicted molar refractivity (Wildman–Crippen MR) is 117 cm³/mol. The molecule has 10 rings (SSSR count). The lowest BCUT2D eigenvalue weighted by Gasteiger charge is -2.07. The molecular weight excluding hydrogens is 368 g/mol. The fourth-order valence-electron chi connectivity index (χ4n) is 5.83. The van der Waals surface area contributed by atoms with Crippen molar-refractivity contribution >= 4 is 11.4 Å². The molecule has 2 aromatic rings. The average molecular weight is 393 g/mol. The minimum Gasteiger partial charge on any atom is -0.310 e. The molecule has 2 heterocycles. The van der Waals surface area contributed by atoms with Gasteiger partial charge in [0.1, 0.15) is 0 Å². The van der Waals surface area contributed by atoms with Crippen molar-refractivity contribution in [2.24, 2.45) is 47.3 Å². The summed E-state index contributed by atoms with van der Waals surface area (Å²) in [5, 5.41) is 0. The monoisotopic (exact) mass is 392 g/mol. The van der Waals surface area contributed by atoms with Gasteiger partial charge in [0.15, 0.2) is 0 Å². The van der Waals surface area contributed by atoms with Gasteiger partial charge in [0, 0.05) is 59.9 Å². The van der Waals surface area contributed by atoms with Crippen LogP contribution in [0.4, 0.5) is 0 Å². The normalized spacial score (nSPS) is 39.9. The Morgan fingerprint density at radius 1 is 0.533 bits per heavy atom. The molecule has 8 aliphatic rings. The minimum absolute atomic E-state index is 0.488. The SMILES string of the molecule is C1=C[C@@H]2C3C(n4ccnc4)=CC1C=C[C@@H]32.C1=C[C@@H]2C3C(n4ccnc4)=CC1C=C[C@@H]32. The van der Waals surface area contributed by atoms with Crippen LogP contribution >= 0.6 is 0 Å². The molecule has 30 heavy (non-hydrogen) atoms. The molecule has 0 aliphatic heterocycles. The fourth-order valence-corrected chi connectivity index (χ4v) is 5.83. The van der Waals surface area contributed by atoms with Crippen molar-refractivity contribution in [3.05, 3.63) is 98.2 Å². The van der Waals surface area contributed by atoms with E-state index in [9.17, 15) is 0 Å². The number of nitrogens with zero attached hydrogens (tertiary/aromatic N) is 4. The third-order valence-corrected chi connectivity index (χ3v) is 7.50. The molecule has 4 nitrogen and oxygen atoms in total. The van der Waals surface area contributed by atoms with Gasteiger partial charge in [-0.15, -0.1) is 0 Å². The van der Waals surface area contributed by atoms with Crippen LogP contribution in [-0.4, -0.2) is 19.1 Å². The molecule has 8 bridgehead atoms. The maximum Gasteiger partial charge on any atom is 0.0989 e. The summed E-state index contributed by atoms with van der Waals surface area (Å²) in [6, 6.07) is 0. The second kappa shape index (κ2) is 6.18. The molecule has 0 amide bonds. The summed E-state index contributed by atoms with van der Waals surface area (Å²) in [6.45, 7) is 0. The quantitative estimate of drug-likeness (QED) is 0.696. The molecular formula is C26H24N4. The smallest absolute Gasteiger partial charge is 0.0989 e. The van der Waals surface area contributed by atoms with Crippen LogP contribution in [0.1, 0.15) is 0 Å². The van der Waals surface area contributed by atoms with E-state index in [0.29, 0.717) is 23.7 Å². The Morgan fingerprint density at radius 2 is 0.933 bits per heavy atom. The highest BCUT2D eigenvalue weighted by Gasteiger charge is 2.52. The first-order valence-corrected chi connectivity index (χ1v) is 11.0. The topological polar surface area (TPSA) is 35.6 Å². The van der Waals surface area contributed by atoms with E-state index in [1.54, 1.807) is 0 Å². The van der Waals surface area contributed by atoms with E-state index in [2.05, 4.69) is 79.9 Å². The average Bonchev–Trinajstić information content (AvgIpc) is 3.56. The summed E-state index contributed by atoms with van der Waals surface area (Å²) in [7, 11) is 0. The van der Waals surface area contributed by atoms with Gasteiger partial charge in [0.25, 0.3) is 0 Å². The highest BCUT2D eigenvalue weighted by atomic mass is 15.1. The van der Waals surface area contributed by atoms with Crippen molar-refractivity contribution in [3.8, 4) is 0 Å². The van der Waals surface area contributed by atoms with Gasteiger partial charge in [0.2, 0.25) is 0 Å². The van der Waals surface area contributed by atoms with Gasteiger partial charge in [-0.3, -0.25) is 0 Å². The van der Waals surface area contributed by atoms with E-state index in [1.165, 1.54) is 11.4 Å². The first-order chi connectivity index (χ1) is 14.9. The number of aromatic nitrogens is 4. The van der Waals surface area contributed by atoms with E-state index in [-0.39, 0.29) is 0 Å². The van der Waals surface area contributed by atoms with Gasteiger partial charge in [-0.25, -0.2) is 9.97 Å². The molecule has 148 valence electrons. The third-order valence-electron chi connectivity index (χ3n) is 7.50. The summed E-state index contributed by atoms with van der Waals surface area (Å²) < 4.78 is 4.34. The number of rotatable bonds is 2. The standard InChI is InChI=1S/2C13H12N2/c2*1-3-10-11-4-2-9(1)7-12(13(10)11)15-6-5-14-8-15/h2*1-11,13H/t2*9?,10-,11+,13?. The van der Waals surface area contributed by atoms with Crippen LogP contribution in [-0.2, 0) is 0 Å². The number of allylic oxidation sites excluding steroid dienone is 12. The first kappa shape index (κ1) is 16.6. The molecule has 4 heteroatoms. The summed E-state index contributed by atoms with van der Waals surface area (Å²) in [4.78, 5) is 8.27. The van der Waals surface area contributed by atoms with Crippen LogP contribution in [0.15, 0.2) is 98.2 Å². The zero-order chi connectivity index (χ0) is 19.7. The summed E-state index contributed by atoms with van der Waals surface area (Å²) in [5.74, 6) is 5.32. The molecule has 8 atom stereocenters. The van der Waals surface area contributed by atoms with Crippen LogP contribution in [0.25, 0.3) is 11.4 Å². The Balaban J connectivity index is 0.000000108. The highest BCUT2D eigenvalue weighted by molar-refractivity contribution is 5.60. The maximum atomic E-state index is 4.13. The molecule has 2 fully saturated rings. The zero-order valence-corrected chi connectivity index (χ0v) is 16.6. The molecule has 0 spiro atoms. The highest BCUT2D eigenvalue weighted by Crippen LogP contribution is 2.58. The fraction of sp³-hybridized carbons (Fsp3) is 0.308. The lowest BCUT2D eigenvalue weighted by molar-refractivity contribution is 0.904.